The highest BCUT2D eigenvalue weighted by molar-refractivity contribution is 6.74. The van der Waals surface area contributed by atoms with Crippen LogP contribution in [0.4, 0.5) is 5.69 Å². The van der Waals surface area contributed by atoms with Crippen molar-refractivity contribution < 1.29 is 19.2 Å². The van der Waals surface area contributed by atoms with Crippen molar-refractivity contribution in [3.63, 3.8) is 0 Å². The maximum absolute atomic E-state index is 11.1. The van der Waals surface area contributed by atoms with Gasteiger partial charge in [-0.15, -0.1) is 0 Å². The topological polar surface area (TPSA) is 86.8 Å². The third-order valence-electron chi connectivity index (χ3n) is 6.14. The average molecular weight is 407 g/mol. The van der Waals surface area contributed by atoms with E-state index in [1.165, 1.54) is 6.07 Å². The average Bonchev–Trinajstić information content (AvgIpc) is 3.14. The predicted molar refractivity (Wildman–Crippen MR) is 111 cm³/mol. The zero-order valence-electron chi connectivity index (χ0n) is 17.4. The molecule has 0 saturated carbocycles. The van der Waals surface area contributed by atoms with Crippen LogP contribution >= 0.6 is 0 Å². The Morgan fingerprint density at radius 3 is 2.57 bits per heavy atom. The van der Waals surface area contributed by atoms with Crippen LogP contribution < -0.4 is 0 Å². The van der Waals surface area contributed by atoms with Crippen LogP contribution in [0.1, 0.15) is 40.3 Å². The second kappa shape index (κ2) is 7.26. The van der Waals surface area contributed by atoms with Gasteiger partial charge in [0.05, 0.1) is 16.5 Å². The molecule has 1 aromatic carbocycles. The Hall–Kier alpha value is -1.74. The molecule has 0 amide bonds. The summed E-state index contributed by atoms with van der Waals surface area (Å²) in [6.45, 7) is 12.8. The van der Waals surface area contributed by atoms with Crippen molar-refractivity contribution in [3.05, 3.63) is 40.6 Å². The summed E-state index contributed by atoms with van der Waals surface area (Å²) in [4.78, 5) is 10.7. The lowest BCUT2D eigenvalue weighted by atomic mass is 10.1. The highest BCUT2D eigenvalue weighted by Gasteiger charge is 2.49. The molecule has 4 atom stereocenters. The summed E-state index contributed by atoms with van der Waals surface area (Å²) in [5.41, 5.74) is 0.876. The molecule has 3 rings (SSSR count). The van der Waals surface area contributed by atoms with Gasteiger partial charge in [-0.2, -0.15) is 0 Å². The van der Waals surface area contributed by atoms with Crippen molar-refractivity contribution in [2.45, 2.75) is 76.8 Å². The van der Waals surface area contributed by atoms with Crippen LogP contribution in [-0.2, 0) is 9.16 Å². The Morgan fingerprint density at radius 2 is 2.00 bits per heavy atom. The van der Waals surface area contributed by atoms with Crippen LogP contribution in [0.25, 0.3) is 10.9 Å². The molecule has 1 N–H and O–H groups in total. The summed E-state index contributed by atoms with van der Waals surface area (Å²) >= 11 is 0. The monoisotopic (exact) mass is 406 g/mol. The first-order chi connectivity index (χ1) is 13.0. The van der Waals surface area contributed by atoms with Crippen LogP contribution in [0.2, 0.25) is 18.1 Å². The Morgan fingerprint density at radius 1 is 1.32 bits per heavy atom. The number of nitrogens with zero attached hydrogens (tertiary/aromatic N) is 2. The molecule has 7 nitrogen and oxygen atoms in total. The van der Waals surface area contributed by atoms with Crippen molar-refractivity contribution >= 4 is 24.9 Å². The number of fused-ring (bicyclic) bond motifs is 1. The number of nitro benzene ring substituents is 1. The first kappa shape index (κ1) is 21.0. The molecule has 154 valence electrons. The van der Waals surface area contributed by atoms with Crippen LogP contribution in [0, 0.1) is 10.1 Å². The molecule has 0 bridgehead atoms. The van der Waals surface area contributed by atoms with Gasteiger partial charge in [-0.3, -0.25) is 10.1 Å². The van der Waals surface area contributed by atoms with Gasteiger partial charge in [0.1, 0.15) is 12.2 Å². The molecule has 2 heterocycles. The summed E-state index contributed by atoms with van der Waals surface area (Å²) < 4.78 is 14.7. The number of rotatable bonds is 5. The lowest BCUT2D eigenvalue weighted by molar-refractivity contribution is -0.384. The molecule has 1 unspecified atom stereocenters. The van der Waals surface area contributed by atoms with Gasteiger partial charge in [-0.1, -0.05) is 27.7 Å². The highest BCUT2D eigenvalue weighted by Crippen LogP contribution is 2.43. The lowest BCUT2D eigenvalue weighted by Crippen LogP contribution is -2.48. The lowest BCUT2D eigenvalue weighted by Gasteiger charge is -2.40. The van der Waals surface area contributed by atoms with Gasteiger partial charge in [-0.05, 0) is 36.7 Å². The molecule has 1 fully saturated rings. The van der Waals surface area contributed by atoms with Gasteiger partial charge < -0.3 is 18.8 Å². The zero-order valence-corrected chi connectivity index (χ0v) is 18.4. The predicted octanol–water partition coefficient (Wildman–Crippen LogP) is 4.61. The van der Waals surface area contributed by atoms with Gasteiger partial charge >= 0.3 is 0 Å². The summed E-state index contributed by atoms with van der Waals surface area (Å²) in [6, 6.07) is 6.61. The van der Waals surface area contributed by atoms with Crippen LogP contribution in [0.5, 0.6) is 0 Å². The molecule has 1 aromatic heterocycles. The highest BCUT2D eigenvalue weighted by atomic mass is 28.4. The van der Waals surface area contributed by atoms with Crippen LogP contribution in [0.3, 0.4) is 0 Å². The Balaban J connectivity index is 2.00. The normalized spacial score (nSPS) is 26.1. The molecule has 2 aromatic rings. The van der Waals surface area contributed by atoms with E-state index in [-0.39, 0.29) is 16.8 Å². The Kier molecular flexibility index (Phi) is 5.44. The third-order valence-corrected chi connectivity index (χ3v) is 10.6. The fraction of sp³-hybridized carbons (Fsp3) is 0.600. The second-order valence-electron chi connectivity index (χ2n) is 9.03. The molecule has 1 aliphatic rings. The van der Waals surface area contributed by atoms with Crippen LogP contribution in [-0.4, -0.2) is 41.2 Å². The molecular formula is C20H30N2O5Si. The number of hydrogen-bond donors (Lipinski definition) is 1. The van der Waals surface area contributed by atoms with E-state index in [2.05, 4.69) is 33.9 Å². The van der Waals surface area contributed by atoms with Crippen molar-refractivity contribution in [2.75, 3.05) is 0 Å². The van der Waals surface area contributed by atoms with Gasteiger partial charge in [0.15, 0.2) is 14.5 Å². The van der Waals surface area contributed by atoms with E-state index < -0.39 is 31.7 Å². The van der Waals surface area contributed by atoms with Gasteiger partial charge in [0, 0.05) is 23.7 Å². The molecule has 8 heteroatoms. The maximum Gasteiger partial charge on any atom is 0.270 e. The first-order valence-electron chi connectivity index (χ1n) is 9.72. The number of aliphatic hydroxyl groups excluding tert-OH is 1. The smallest absolute Gasteiger partial charge is 0.270 e. The summed E-state index contributed by atoms with van der Waals surface area (Å²) in [5, 5.41) is 22.7. The van der Waals surface area contributed by atoms with Crippen LogP contribution in [0.15, 0.2) is 30.5 Å². The molecule has 1 saturated heterocycles. The van der Waals surface area contributed by atoms with E-state index in [1.54, 1.807) is 12.1 Å². The summed E-state index contributed by atoms with van der Waals surface area (Å²) in [5.74, 6) is 0. The van der Waals surface area contributed by atoms with E-state index in [0.29, 0.717) is 6.42 Å². The van der Waals surface area contributed by atoms with E-state index in [4.69, 9.17) is 9.16 Å². The van der Waals surface area contributed by atoms with Gasteiger partial charge in [0.2, 0.25) is 0 Å². The Bertz CT molecular complexity index is 873. The number of aliphatic hydroxyl groups is 1. The largest absolute Gasteiger partial charge is 0.407 e. The number of aromatic nitrogens is 1. The minimum Gasteiger partial charge on any atom is -0.407 e. The molecule has 0 aliphatic carbocycles. The summed E-state index contributed by atoms with van der Waals surface area (Å²) in [7, 11) is -2.14. The summed E-state index contributed by atoms with van der Waals surface area (Å²) in [6.07, 6.45) is 0.533. The Labute approximate surface area is 166 Å². The van der Waals surface area contributed by atoms with Gasteiger partial charge in [0.25, 0.3) is 5.69 Å². The number of nitro groups is 1. The first-order valence-corrected chi connectivity index (χ1v) is 12.6. The van der Waals surface area contributed by atoms with E-state index in [9.17, 15) is 15.2 Å². The minimum absolute atomic E-state index is 0.000932. The minimum atomic E-state index is -2.14. The van der Waals surface area contributed by atoms with Crippen molar-refractivity contribution in [2.24, 2.45) is 0 Å². The SMILES string of the molecule is CC[C@H]1O[C@@H](n2ccc3cc([N+](=O)[O-])ccc32)[C@@H](O[Si](C)(C)C(C)(C)C)C1O. The van der Waals surface area contributed by atoms with Gasteiger partial charge in [-0.25, -0.2) is 0 Å². The van der Waals surface area contributed by atoms with Crippen molar-refractivity contribution in [1.82, 2.24) is 4.57 Å². The van der Waals surface area contributed by atoms with Crippen molar-refractivity contribution in [3.8, 4) is 0 Å². The second-order valence-corrected chi connectivity index (χ2v) is 13.8. The zero-order chi connectivity index (χ0) is 20.9. The molecule has 28 heavy (non-hydrogen) atoms. The third kappa shape index (κ3) is 3.61. The van der Waals surface area contributed by atoms with E-state index in [0.717, 1.165) is 10.9 Å². The maximum atomic E-state index is 11.1. The number of ether oxygens (including phenoxy) is 1. The molecule has 1 aliphatic heterocycles. The molecule has 0 spiro atoms. The molecule has 0 radical (unpaired) electrons. The fourth-order valence-electron chi connectivity index (χ4n) is 3.41. The van der Waals surface area contributed by atoms with E-state index in [1.807, 2.05) is 23.8 Å². The standard InChI is InChI=1S/C20H30N2O5Si/c1-7-16-17(23)18(27-28(5,6)20(2,3)4)19(26-16)21-11-10-13-12-14(22(24)25)8-9-15(13)21/h8-12,16-19,23H,7H2,1-6H3/t16-,17?,18+,19-/m1/s1. The number of hydrogen-bond acceptors (Lipinski definition) is 5. The quantitative estimate of drug-likeness (QED) is 0.445. The van der Waals surface area contributed by atoms with E-state index >= 15 is 0 Å². The number of non-ortho nitro benzene ring substituents is 1. The fourth-order valence-corrected chi connectivity index (χ4v) is 4.70. The number of benzene rings is 1. The van der Waals surface area contributed by atoms with Crippen molar-refractivity contribution in [1.29, 1.82) is 0 Å². The molecular weight excluding hydrogens is 376 g/mol.